The predicted molar refractivity (Wildman–Crippen MR) is 168 cm³/mol. The number of anilines is 2. The van der Waals surface area contributed by atoms with Crippen LogP contribution in [-0.2, 0) is 20.8 Å². The van der Waals surface area contributed by atoms with Gasteiger partial charge in [0.2, 0.25) is 11.8 Å². The van der Waals surface area contributed by atoms with Gasteiger partial charge in [0.05, 0.1) is 18.0 Å². The van der Waals surface area contributed by atoms with Crippen LogP contribution in [0.3, 0.4) is 0 Å². The van der Waals surface area contributed by atoms with Crippen LogP contribution in [0.1, 0.15) is 31.2 Å². The third-order valence-electron chi connectivity index (χ3n) is 8.12. The minimum Gasteiger partial charge on any atom is -0.481 e. The summed E-state index contributed by atoms with van der Waals surface area (Å²) >= 11 is 1.37. The van der Waals surface area contributed by atoms with Crippen molar-refractivity contribution in [1.82, 2.24) is 9.97 Å². The van der Waals surface area contributed by atoms with Crippen molar-refractivity contribution in [3.63, 3.8) is 0 Å². The number of aromatic nitrogens is 2. The maximum atomic E-state index is 14.0. The largest absolute Gasteiger partial charge is 0.481 e. The summed E-state index contributed by atoms with van der Waals surface area (Å²) in [6.07, 6.45) is 8.24. The van der Waals surface area contributed by atoms with Gasteiger partial charge in [0.15, 0.2) is 5.13 Å². The zero-order valence-corrected chi connectivity index (χ0v) is 24.5. The van der Waals surface area contributed by atoms with Crippen molar-refractivity contribution in [2.24, 2.45) is 11.8 Å². The second-order valence-electron chi connectivity index (χ2n) is 10.9. The summed E-state index contributed by atoms with van der Waals surface area (Å²) in [6.45, 7) is 1.02. The Balaban J connectivity index is 1.28. The molecule has 8 nitrogen and oxygen atoms in total. The molecule has 0 spiro atoms. The van der Waals surface area contributed by atoms with Crippen LogP contribution in [0.25, 0.3) is 22.4 Å². The SMILES string of the molecule is O=C(O)C[C@@H]1C(=O)N(c2nc(-c3ccccc3-c3ccc(N4CCCC4=O)nc3)cs2)CC=CC[C@@H]1Cc1ccccc1. The molecule has 0 radical (unpaired) electrons. The number of pyridine rings is 1. The van der Waals surface area contributed by atoms with Gasteiger partial charge in [-0.05, 0) is 48.4 Å². The molecular weight excluding hydrogens is 560 g/mol. The average Bonchev–Trinajstić information content (AvgIpc) is 3.68. The Kier molecular flexibility index (Phi) is 8.42. The van der Waals surface area contributed by atoms with Crippen LogP contribution >= 0.6 is 11.3 Å². The third kappa shape index (κ3) is 6.27. The van der Waals surface area contributed by atoms with Crippen LogP contribution in [0.4, 0.5) is 10.9 Å². The van der Waals surface area contributed by atoms with E-state index in [4.69, 9.17) is 4.98 Å². The Morgan fingerprint density at radius 2 is 1.74 bits per heavy atom. The number of amides is 2. The first-order chi connectivity index (χ1) is 21.0. The van der Waals surface area contributed by atoms with Gasteiger partial charge in [0.25, 0.3) is 0 Å². The van der Waals surface area contributed by atoms with Gasteiger partial charge in [-0.3, -0.25) is 24.2 Å². The molecule has 0 unspecified atom stereocenters. The fraction of sp³-hybridized carbons (Fsp3) is 0.265. The fourth-order valence-corrected chi connectivity index (χ4v) is 6.77. The molecule has 2 aromatic heterocycles. The number of thiazole rings is 1. The molecule has 43 heavy (non-hydrogen) atoms. The maximum Gasteiger partial charge on any atom is 0.304 e. The van der Waals surface area contributed by atoms with Gasteiger partial charge in [0.1, 0.15) is 5.82 Å². The number of carbonyl (C=O) groups excluding carboxylic acids is 2. The second kappa shape index (κ2) is 12.7. The Hall–Kier alpha value is -4.63. The van der Waals surface area contributed by atoms with Crippen molar-refractivity contribution in [3.05, 3.63) is 96.0 Å². The number of carboxylic acids is 1. The van der Waals surface area contributed by atoms with E-state index >= 15 is 0 Å². The Bertz CT molecular complexity index is 1650. The van der Waals surface area contributed by atoms with Crippen LogP contribution in [0.2, 0.25) is 0 Å². The lowest BCUT2D eigenvalue weighted by Gasteiger charge is -2.31. The Morgan fingerprint density at radius 1 is 0.953 bits per heavy atom. The van der Waals surface area contributed by atoms with E-state index in [1.165, 1.54) is 11.3 Å². The predicted octanol–water partition coefficient (Wildman–Crippen LogP) is 6.24. The smallest absolute Gasteiger partial charge is 0.304 e. The molecule has 9 heteroatoms. The van der Waals surface area contributed by atoms with Gasteiger partial charge in [-0.2, -0.15) is 0 Å². The fourth-order valence-electron chi connectivity index (χ4n) is 5.93. The molecular formula is C34H32N4O4S. The number of hydrogen-bond donors (Lipinski definition) is 1. The maximum absolute atomic E-state index is 14.0. The topological polar surface area (TPSA) is 104 Å². The zero-order valence-electron chi connectivity index (χ0n) is 23.6. The first kappa shape index (κ1) is 28.5. The number of nitrogens with zero attached hydrogens (tertiary/aromatic N) is 4. The number of hydrogen-bond acceptors (Lipinski definition) is 6. The quantitative estimate of drug-likeness (QED) is 0.243. The van der Waals surface area contributed by atoms with E-state index in [1.54, 1.807) is 16.0 Å². The monoisotopic (exact) mass is 592 g/mol. The summed E-state index contributed by atoms with van der Waals surface area (Å²) in [6, 6.07) is 21.6. The van der Waals surface area contributed by atoms with E-state index in [2.05, 4.69) is 11.1 Å². The van der Waals surface area contributed by atoms with E-state index in [0.29, 0.717) is 43.3 Å². The summed E-state index contributed by atoms with van der Waals surface area (Å²) in [5, 5.41) is 12.2. The number of aliphatic carboxylic acids is 1. The lowest BCUT2D eigenvalue weighted by molar-refractivity contribution is -0.141. The van der Waals surface area contributed by atoms with Gasteiger partial charge in [-0.15, -0.1) is 11.3 Å². The minimum atomic E-state index is -0.983. The van der Waals surface area contributed by atoms with Crippen molar-refractivity contribution in [2.75, 3.05) is 22.9 Å². The highest BCUT2D eigenvalue weighted by Crippen LogP contribution is 2.37. The molecule has 2 amide bonds. The molecule has 218 valence electrons. The highest BCUT2D eigenvalue weighted by Gasteiger charge is 2.35. The molecule has 2 aliphatic rings. The number of carbonyl (C=O) groups is 3. The van der Waals surface area contributed by atoms with E-state index < -0.39 is 11.9 Å². The van der Waals surface area contributed by atoms with E-state index in [1.807, 2.05) is 78.2 Å². The summed E-state index contributed by atoms with van der Waals surface area (Å²) in [5.74, 6) is -1.25. The van der Waals surface area contributed by atoms with E-state index in [-0.39, 0.29) is 24.2 Å². The Labute approximate surface area is 254 Å². The van der Waals surface area contributed by atoms with Gasteiger partial charge in [-0.1, -0.05) is 66.7 Å². The molecule has 4 aromatic rings. The Morgan fingerprint density at radius 3 is 2.47 bits per heavy atom. The lowest BCUT2D eigenvalue weighted by Crippen LogP contribution is -2.42. The van der Waals surface area contributed by atoms with Gasteiger partial charge >= 0.3 is 5.97 Å². The molecule has 6 rings (SSSR count). The minimum absolute atomic E-state index is 0.0984. The number of allylic oxidation sites excluding steroid dienone is 1. The molecule has 2 aliphatic heterocycles. The first-order valence-corrected chi connectivity index (χ1v) is 15.4. The summed E-state index contributed by atoms with van der Waals surface area (Å²) < 4.78 is 0. The van der Waals surface area contributed by atoms with Crippen molar-refractivity contribution in [1.29, 1.82) is 0 Å². The van der Waals surface area contributed by atoms with Gasteiger partial charge < -0.3 is 5.11 Å². The molecule has 1 saturated heterocycles. The highest BCUT2D eigenvalue weighted by molar-refractivity contribution is 7.14. The molecule has 0 aliphatic carbocycles. The van der Waals surface area contributed by atoms with Crippen LogP contribution in [0.5, 0.6) is 0 Å². The van der Waals surface area contributed by atoms with Gasteiger partial charge in [-0.25, -0.2) is 9.97 Å². The lowest BCUT2D eigenvalue weighted by atomic mass is 9.80. The standard InChI is InChI=1S/C34H32N4O4S/c39-31-14-8-18-37(31)30-16-15-25(21-35-30)26-12-4-5-13-27(26)29-22-43-34(36-29)38-17-7-6-11-24(19-23-9-2-1-3-10-23)28(33(38)42)20-32(40)41/h1-7,9-10,12-13,15-16,21-22,24,28H,8,11,14,17-20H2,(H,40,41)/t24-,28+/m1/s1. The average molecular weight is 593 g/mol. The van der Waals surface area contributed by atoms with Crippen LogP contribution in [0, 0.1) is 11.8 Å². The van der Waals surface area contributed by atoms with Crippen LogP contribution in [-0.4, -0.2) is 45.9 Å². The molecule has 1 N–H and O–H groups in total. The first-order valence-electron chi connectivity index (χ1n) is 14.5. The molecule has 2 aromatic carbocycles. The van der Waals surface area contributed by atoms with Crippen molar-refractivity contribution in [3.8, 4) is 22.4 Å². The normalized spacial score (nSPS) is 19.0. The molecule has 0 bridgehead atoms. The second-order valence-corrected chi connectivity index (χ2v) is 11.8. The van der Waals surface area contributed by atoms with Crippen LogP contribution in [0.15, 0.2) is 90.5 Å². The summed E-state index contributed by atoms with van der Waals surface area (Å²) in [4.78, 5) is 50.9. The van der Waals surface area contributed by atoms with E-state index in [0.717, 1.165) is 34.4 Å². The molecule has 0 saturated carbocycles. The number of rotatable bonds is 8. The van der Waals surface area contributed by atoms with Crippen molar-refractivity contribution >= 4 is 40.1 Å². The van der Waals surface area contributed by atoms with E-state index in [9.17, 15) is 19.5 Å². The van der Waals surface area contributed by atoms with Gasteiger partial charge in [0, 0.05) is 42.2 Å². The molecule has 4 heterocycles. The van der Waals surface area contributed by atoms with Crippen LogP contribution < -0.4 is 9.80 Å². The number of carboxylic acid groups (broad SMARTS) is 1. The third-order valence-corrected chi connectivity index (χ3v) is 8.98. The molecule has 1 fully saturated rings. The van der Waals surface area contributed by atoms with Crippen molar-refractivity contribution in [2.45, 2.75) is 32.1 Å². The van der Waals surface area contributed by atoms with Crippen molar-refractivity contribution < 1.29 is 19.5 Å². The number of benzene rings is 2. The highest BCUT2D eigenvalue weighted by atomic mass is 32.1. The zero-order chi connectivity index (χ0) is 29.8. The summed E-state index contributed by atoms with van der Waals surface area (Å²) in [7, 11) is 0. The molecule has 2 atom stereocenters. The summed E-state index contributed by atoms with van der Waals surface area (Å²) in [5.41, 5.74) is 4.55.